The summed E-state index contributed by atoms with van der Waals surface area (Å²) in [5, 5.41) is 3.82. The number of nitrogens with one attached hydrogen (secondary N) is 1. The zero-order valence-corrected chi connectivity index (χ0v) is 14.6. The highest BCUT2D eigenvalue weighted by molar-refractivity contribution is 6.30. The van der Waals surface area contributed by atoms with Crippen molar-refractivity contribution in [2.45, 2.75) is 26.6 Å². The zero-order valence-electron chi connectivity index (χ0n) is 13.9. The van der Waals surface area contributed by atoms with Crippen molar-refractivity contribution >= 4 is 17.6 Å². The molecule has 0 aliphatic carbocycles. The van der Waals surface area contributed by atoms with Crippen LogP contribution in [0.15, 0.2) is 29.6 Å². The summed E-state index contributed by atoms with van der Waals surface area (Å²) in [6, 6.07) is 1.88. The molecule has 0 saturated heterocycles. The maximum Gasteiger partial charge on any atom is 0.319 e. The summed E-state index contributed by atoms with van der Waals surface area (Å²) in [6.07, 6.45) is 4.42. The molecule has 9 heteroatoms. The minimum Gasteiger partial charge on any atom is -0.357 e. The molecule has 2 aromatic heterocycles. The standard InChI is InChI=1S/C15H21ClF2N6/c1-4-19-15(21-8-13-20-5-6-24(13)14(17)18)23(3)10-12-7-11(16)9-22(12)2/h5-7,9,14H,4,8,10H2,1-3H3,(H,19,21). The Hall–Kier alpha value is -2.09. The highest BCUT2D eigenvalue weighted by Crippen LogP contribution is 2.15. The molecule has 0 amide bonds. The second kappa shape index (κ2) is 8.14. The van der Waals surface area contributed by atoms with Crippen LogP contribution in [-0.4, -0.2) is 38.6 Å². The Bertz CT molecular complexity index is 694. The third-order valence-electron chi connectivity index (χ3n) is 3.50. The molecule has 0 unspecified atom stereocenters. The van der Waals surface area contributed by atoms with E-state index < -0.39 is 6.55 Å². The van der Waals surface area contributed by atoms with Crippen molar-refractivity contribution in [3.8, 4) is 0 Å². The summed E-state index contributed by atoms with van der Waals surface area (Å²) >= 11 is 6.00. The second-order valence-electron chi connectivity index (χ2n) is 5.32. The Labute approximate surface area is 144 Å². The summed E-state index contributed by atoms with van der Waals surface area (Å²) in [5.74, 6) is 0.828. The van der Waals surface area contributed by atoms with Gasteiger partial charge in [0.15, 0.2) is 5.96 Å². The highest BCUT2D eigenvalue weighted by Gasteiger charge is 2.13. The van der Waals surface area contributed by atoms with Gasteiger partial charge in [0, 0.05) is 44.9 Å². The Morgan fingerprint density at radius 3 is 2.83 bits per heavy atom. The first-order valence-electron chi connectivity index (χ1n) is 7.52. The van der Waals surface area contributed by atoms with Crippen LogP contribution in [0.4, 0.5) is 8.78 Å². The number of halogens is 3. The number of hydrogen-bond donors (Lipinski definition) is 1. The van der Waals surface area contributed by atoms with Gasteiger partial charge in [-0.15, -0.1) is 0 Å². The lowest BCUT2D eigenvalue weighted by Crippen LogP contribution is -2.38. The summed E-state index contributed by atoms with van der Waals surface area (Å²) in [5.41, 5.74) is 1.02. The molecule has 0 atom stereocenters. The molecule has 0 bridgehead atoms. The number of imidazole rings is 1. The van der Waals surface area contributed by atoms with Gasteiger partial charge in [-0.2, -0.15) is 8.78 Å². The third-order valence-corrected chi connectivity index (χ3v) is 3.71. The minimum atomic E-state index is -2.62. The molecular formula is C15H21ClF2N6. The molecule has 0 saturated carbocycles. The van der Waals surface area contributed by atoms with Gasteiger partial charge in [-0.3, -0.25) is 4.57 Å². The first-order valence-corrected chi connectivity index (χ1v) is 7.90. The van der Waals surface area contributed by atoms with E-state index in [0.717, 1.165) is 10.3 Å². The van der Waals surface area contributed by atoms with E-state index in [-0.39, 0.29) is 12.4 Å². The fourth-order valence-corrected chi connectivity index (χ4v) is 2.57. The fraction of sp³-hybridized carbons (Fsp3) is 0.467. The van der Waals surface area contributed by atoms with Gasteiger partial charge in [-0.05, 0) is 13.0 Å². The molecule has 0 aliphatic rings. The number of alkyl halides is 2. The number of aryl methyl sites for hydroxylation is 1. The van der Waals surface area contributed by atoms with Crippen LogP contribution >= 0.6 is 11.6 Å². The van der Waals surface area contributed by atoms with Gasteiger partial charge < -0.3 is 14.8 Å². The van der Waals surface area contributed by atoms with Gasteiger partial charge >= 0.3 is 6.55 Å². The van der Waals surface area contributed by atoms with Gasteiger partial charge in [-0.1, -0.05) is 11.6 Å². The largest absolute Gasteiger partial charge is 0.357 e. The van der Waals surface area contributed by atoms with Crippen LogP contribution in [0.25, 0.3) is 0 Å². The molecular weight excluding hydrogens is 338 g/mol. The van der Waals surface area contributed by atoms with E-state index in [1.807, 2.05) is 42.7 Å². The normalized spacial score (nSPS) is 12.0. The van der Waals surface area contributed by atoms with Crippen LogP contribution in [0.1, 0.15) is 25.0 Å². The van der Waals surface area contributed by atoms with E-state index in [2.05, 4.69) is 15.3 Å². The highest BCUT2D eigenvalue weighted by atomic mass is 35.5. The average Bonchev–Trinajstić information content (AvgIpc) is 3.10. The first-order chi connectivity index (χ1) is 11.4. The van der Waals surface area contributed by atoms with E-state index >= 15 is 0 Å². The number of aromatic nitrogens is 3. The quantitative estimate of drug-likeness (QED) is 0.638. The molecule has 0 spiro atoms. The van der Waals surface area contributed by atoms with Crippen molar-refractivity contribution in [3.05, 3.63) is 41.2 Å². The van der Waals surface area contributed by atoms with Crippen LogP contribution in [0.2, 0.25) is 5.02 Å². The van der Waals surface area contributed by atoms with Gasteiger partial charge in [0.05, 0.1) is 11.6 Å². The van der Waals surface area contributed by atoms with Crippen molar-refractivity contribution in [3.63, 3.8) is 0 Å². The Kier molecular flexibility index (Phi) is 6.19. The molecule has 2 rings (SSSR count). The Morgan fingerprint density at radius 2 is 2.25 bits per heavy atom. The molecule has 2 heterocycles. The van der Waals surface area contributed by atoms with E-state index in [9.17, 15) is 8.78 Å². The van der Waals surface area contributed by atoms with E-state index in [1.165, 1.54) is 12.4 Å². The molecule has 6 nitrogen and oxygen atoms in total. The molecule has 0 aromatic carbocycles. The van der Waals surface area contributed by atoms with Crippen molar-refractivity contribution in [1.29, 1.82) is 0 Å². The first kappa shape index (κ1) is 18.3. The lowest BCUT2D eigenvalue weighted by atomic mass is 10.4. The monoisotopic (exact) mass is 358 g/mol. The summed E-state index contributed by atoms with van der Waals surface area (Å²) in [7, 11) is 3.79. The van der Waals surface area contributed by atoms with Crippen molar-refractivity contribution in [2.75, 3.05) is 13.6 Å². The van der Waals surface area contributed by atoms with Crippen molar-refractivity contribution in [2.24, 2.45) is 12.0 Å². The number of guanidine groups is 1. The molecule has 132 valence electrons. The molecule has 1 N–H and O–H groups in total. The predicted molar refractivity (Wildman–Crippen MR) is 90.2 cm³/mol. The zero-order chi connectivity index (χ0) is 17.7. The summed E-state index contributed by atoms with van der Waals surface area (Å²) in [6.45, 7) is 0.642. The van der Waals surface area contributed by atoms with Crippen LogP contribution < -0.4 is 5.32 Å². The van der Waals surface area contributed by atoms with Crippen LogP contribution in [-0.2, 0) is 20.1 Å². The van der Waals surface area contributed by atoms with Gasteiger partial charge in [0.1, 0.15) is 12.4 Å². The summed E-state index contributed by atoms with van der Waals surface area (Å²) in [4.78, 5) is 10.2. The lowest BCUT2D eigenvalue weighted by molar-refractivity contribution is 0.0671. The van der Waals surface area contributed by atoms with Gasteiger partial charge in [-0.25, -0.2) is 9.98 Å². The van der Waals surface area contributed by atoms with Gasteiger partial charge in [0.2, 0.25) is 0 Å². The van der Waals surface area contributed by atoms with Crippen LogP contribution in [0, 0.1) is 0 Å². The lowest BCUT2D eigenvalue weighted by Gasteiger charge is -2.22. The maximum absolute atomic E-state index is 12.9. The Morgan fingerprint density at radius 1 is 1.50 bits per heavy atom. The number of nitrogens with zero attached hydrogens (tertiary/aromatic N) is 5. The summed E-state index contributed by atoms with van der Waals surface area (Å²) < 4.78 is 28.5. The molecule has 0 radical (unpaired) electrons. The molecule has 0 aliphatic heterocycles. The van der Waals surface area contributed by atoms with E-state index in [1.54, 1.807) is 0 Å². The predicted octanol–water partition coefficient (Wildman–Crippen LogP) is 2.87. The number of rotatable bonds is 6. The Balaban J connectivity index is 2.12. The fourth-order valence-electron chi connectivity index (χ4n) is 2.30. The van der Waals surface area contributed by atoms with Crippen molar-refractivity contribution in [1.82, 2.24) is 24.3 Å². The molecule has 2 aromatic rings. The SMILES string of the molecule is CCNC(=NCc1nccn1C(F)F)N(C)Cc1cc(Cl)cn1C. The molecule has 24 heavy (non-hydrogen) atoms. The van der Waals surface area contributed by atoms with Crippen LogP contribution in [0.3, 0.4) is 0 Å². The molecule has 0 fully saturated rings. The van der Waals surface area contributed by atoms with E-state index in [0.29, 0.717) is 24.1 Å². The van der Waals surface area contributed by atoms with Crippen molar-refractivity contribution < 1.29 is 8.78 Å². The van der Waals surface area contributed by atoms with Crippen LogP contribution in [0.5, 0.6) is 0 Å². The topological polar surface area (TPSA) is 50.4 Å². The second-order valence-corrected chi connectivity index (χ2v) is 5.75. The number of hydrogen-bond acceptors (Lipinski definition) is 2. The average molecular weight is 359 g/mol. The number of aliphatic imine (C=N–C) groups is 1. The minimum absolute atomic E-state index is 0.0674. The van der Waals surface area contributed by atoms with E-state index in [4.69, 9.17) is 11.6 Å². The van der Waals surface area contributed by atoms with Gasteiger partial charge in [0.25, 0.3) is 0 Å². The third kappa shape index (κ3) is 4.47. The maximum atomic E-state index is 12.9. The smallest absolute Gasteiger partial charge is 0.319 e.